The molecule has 0 saturated heterocycles. The van der Waals surface area contributed by atoms with Crippen LogP contribution in [0.4, 0.5) is 5.69 Å². The van der Waals surface area contributed by atoms with Crippen LogP contribution in [0.3, 0.4) is 0 Å². The molecule has 0 unspecified atom stereocenters. The van der Waals surface area contributed by atoms with Crippen LogP contribution in [0, 0.1) is 0 Å². The second-order valence-corrected chi connectivity index (χ2v) is 4.79. The van der Waals surface area contributed by atoms with Gasteiger partial charge in [0, 0.05) is 23.0 Å². The van der Waals surface area contributed by atoms with E-state index in [1.165, 1.54) is 11.3 Å². The van der Waals surface area contributed by atoms with E-state index in [4.69, 9.17) is 0 Å². The van der Waals surface area contributed by atoms with Crippen molar-refractivity contribution < 1.29 is 0 Å². The van der Waals surface area contributed by atoms with Gasteiger partial charge in [-0.05, 0) is 38.5 Å². The normalized spacial score (nSPS) is 11.4. The molecule has 0 fully saturated rings. The fraction of sp³-hybridized carbons (Fsp3) is 0.235. The Balaban J connectivity index is 2.35. The van der Waals surface area contributed by atoms with E-state index < -0.39 is 0 Å². The Morgan fingerprint density at radius 2 is 1.95 bits per heavy atom. The third-order valence-electron chi connectivity index (χ3n) is 2.94. The second-order valence-electron chi connectivity index (χ2n) is 4.79. The van der Waals surface area contributed by atoms with E-state index in [1.54, 1.807) is 0 Å². The van der Waals surface area contributed by atoms with E-state index >= 15 is 0 Å². The van der Waals surface area contributed by atoms with Gasteiger partial charge in [0.15, 0.2) is 0 Å². The Hall–Kier alpha value is -2.09. The molecule has 2 nitrogen and oxygen atoms in total. The highest BCUT2D eigenvalue weighted by Gasteiger charge is 2.01. The SMILES string of the molecule is CC/C(=C\C=C(C)C)Nc1ccnc2ccccc12. The van der Waals surface area contributed by atoms with Crippen molar-refractivity contribution in [3.63, 3.8) is 0 Å². The third-order valence-corrected chi connectivity index (χ3v) is 2.94. The highest BCUT2D eigenvalue weighted by Crippen LogP contribution is 2.23. The number of anilines is 1. The molecule has 0 saturated carbocycles. The predicted molar refractivity (Wildman–Crippen MR) is 83.2 cm³/mol. The van der Waals surface area contributed by atoms with Gasteiger partial charge in [-0.1, -0.05) is 36.8 Å². The Bertz CT molecular complexity index is 615. The zero-order valence-electron chi connectivity index (χ0n) is 11.8. The maximum absolute atomic E-state index is 4.38. The van der Waals surface area contributed by atoms with E-state index in [0.717, 1.165) is 23.0 Å². The number of benzene rings is 1. The maximum atomic E-state index is 4.38. The molecule has 1 N–H and O–H groups in total. The molecule has 19 heavy (non-hydrogen) atoms. The number of pyridine rings is 1. The van der Waals surface area contributed by atoms with Crippen molar-refractivity contribution in [3.05, 3.63) is 60.0 Å². The summed E-state index contributed by atoms with van der Waals surface area (Å²) in [6.45, 7) is 6.36. The maximum Gasteiger partial charge on any atom is 0.0722 e. The topological polar surface area (TPSA) is 24.9 Å². The molecule has 98 valence electrons. The summed E-state index contributed by atoms with van der Waals surface area (Å²) in [5.74, 6) is 0. The molecule has 0 amide bonds. The number of nitrogens with one attached hydrogen (secondary N) is 1. The Morgan fingerprint density at radius 3 is 2.68 bits per heavy atom. The van der Waals surface area contributed by atoms with Gasteiger partial charge in [0.2, 0.25) is 0 Å². The van der Waals surface area contributed by atoms with Crippen LogP contribution >= 0.6 is 0 Å². The van der Waals surface area contributed by atoms with Gasteiger partial charge in [0.25, 0.3) is 0 Å². The first-order valence-corrected chi connectivity index (χ1v) is 6.65. The first kappa shape index (κ1) is 13.3. The van der Waals surface area contributed by atoms with Gasteiger partial charge in [-0.2, -0.15) is 0 Å². The van der Waals surface area contributed by atoms with Gasteiger partial charge in [0.1, 0.15) is 0 Å². The predicted octanol–water partition coefficient (Wildman–Crippen LogP) is 4.91. The molecule has 0 atom stereocenters. The van der Waals surface area contributed by atoms with Crippen LogP contribution in [0.2, 0.25) is 0 Å². The zero-order valence-corrected chi connectivity index (χ0v) is 11.8. The second kappa shape index (κ2) is 6.19. The van der Waals surface area contributed by atoms with Crippen LogP contribution in [0.5, 0.6) is 0 Å². The summed E-state index contributed by atoms with van der Waals surface area (Å²) in [4.78, 5) is 4.38. The Kier molecular flexibility index (Phi) is 4.35. The minimum absolute atomic E-state index is 0.973. The van der Waals surface area contributed by atoms with Gasteiger partial charge in [0.05, 0.1) is 5.52 Å². The summed E-state index contributed by atoms with van der Waals surface area (Å²) in [6, 6.07) is 10.2. The number of fused-ring (bicyclic) bond motifs is 1. The molecule has 1 heterocycles. The van der Waals surface area contributed by atoms with Gasteiger partial charge in [-0.25, -0.2) is 0 Å². The number of hydrogen-bond donors (Lipinski definition) is 1. The van der Waals surface area contributed by atoms with E-state index in [-0.39, 0.29) is 0 Å². The van der Waals surface area contributed by atoms with E-state index in [2.05, 4.69) is 49.3 Å². The largest absolute Gasteiger partial charge is 0.358 e. The minimum atomic E-state index is 0.973. The summed E-state index contributed by atoms with van der Waals surface area (Å²) in [5.41, 5.74) is 4.64. The monoisotopic (exact) mass is 252 g/mol. The van der Waals surface area contributed by atoms with Crippen molar-refractivity contribution in [1.82, 2.24) is 4.98 Å². The van der Waals surface area contributed by atoms with Crippen LogP contribution in [-0.2, 0) is 0 Å². The standard InChI is InChI=1S/C17H20N2/c1-4-14(10-9-13(2)3)19-17-11-12-18-16-8-6-5-7-15(16)17/h5-12H,4H2,1-3H3,(H,18,19)/b14-10+. The molecule has 0 aliphatic heterocycles. The molecule has 0 radical (unpaired) electrons. The molecular formula is C17H20N2. The van der Waals surface area contributed by atoms with Gasteiger partial charge in [-0.15, -0.1) is 0 Å². The van der Waals surface area contributed by atoms with Crippen molar-refractivity contribution in [2.75, 3.05) is 5.32 Å². The van der Waals surface area contributed by atoms with Crippen LogP contribution in [0.15, 0.2) is 60.0 Å². The quantitative estimate of drug-likeness (QED) is 0.782. The van der Waals surface area contributed by atoms with Crippen molar-refractivity contribution in [3.8, 4) is 0 Å². The lowest BCUT2D eigenvalue weighted by Crippen LogP contribution is -1.99. The smallest absolute Gasteiger partial charge is 0.0722 e. The molecule has 1 aromatic heterocycles. The van der Waals surface area contributed by atoms with Crippen LogP contribution in [0.25, 0.3) is 10.9 Å². The number of nitrogens with zero attached hydrogens (tertiary/aromatic N) is 1. The molecule has 2 rings (SSSR count). The average Bonchev–Trinajstić information content (AvgIpc) is 2.43. The van der Waals surface area contributed by atoms with Crippen LogP contribution in [0.1, 0.15) is 27.2 Å². The number of para-hydroxylation sites is 1. The molecule has 0 spiro atoms. The van der Waals surface area contributed by atoms with Crippen molar-refractivity contribution in [2.45, 2.75) is 27.2 Å². The van der Waals surface area contributed by atoms with Gasteiger partial charge < -0.3 is 5.32 Å². The lowest BCUT2D eigenvalue weighted by Gasteiger charge is -2.11. The average molecular weight is 252 g/mol. The van der Waals surface area contributed by atoms with E-state index in [9.17, 15) is 0 Å². The van der Waals surface area contributed by atoms with Gasteiger partial charge in [-0.3, -0.25) is 4.98 Å². The first-order valence-electron chi connectivity index (χ1n) is 6.65. The summed E-state index contributed by atoms with van der Waals surface area (Å²) >= 11 is 0. The van der Waals surface area contributed by atoms with E-state index in [1.807, 2.05) is 30.5 Å². The molecule has 0 bridgehead atoms. The molecule has 0 aliphatic rings. The van der Waals surface area contributed by atoms with Crippen LogP contribution < -0.4 is 5.32 Å². The van der Waals surface area contributed by atoms with E-state index in [0.29, 0.717) is 0 Å². The lowest BCUT2D eigenvalue weighted by atomic mass is 10.1. The fourth-order valence-corrected chi connectivity index (χ4v) is 1.89. The van der Waals surface area contributed by atoms with Crippen molar-refractivity contribution in [2.24, 2.45) is 0 Å². The summed E-state index contributed by atoms with van der Waals surface area (Å²) in [7, 11) is 0. The number of allylic oxidation sites excluding steroid dienone is 4. The minimum Gasteiger partial charge on any atom is -0.358 e. The summed E-state index contributed by atoms with van der Waals surface area (Å²) in [5, 5.41) is 4.66. The van der Waals surface area contributed by atoms with Crippen molar-refractivity contribution >= 4 is 16.6 Å². The molecular weight excluding hydrogens is 232 g/mol. The number of rotatable bonds is 4. The molecule has 0 aliphatic carbocycles. The van der Waals surface area contributed by atoms with Crippen molar-refractivity contribution in [1.29, 1.82) is 0 Å². The lowest BCUT2D eigenvalue weighted by molar-refractivity contribution is 1.10. The number of aromatic nitrogens is 1. The fourth-order valence-electron chi connectivity index (χ4n) is 1.89. The molecule has 2 heteroatoms. The number of hydrogen-bond acceptors (Lipinski definition) is 2. The Labute approximate surface area is 114 Å². The molecule has 2 aromatic rings. The highest BCUT2D eigenvalue weighted by atomic mass is 14.9. The highest BCUT2D eigenvalue weighted by molar-refractivity contribution is 5.91. The first-order chi connectivity index (χ1) is 9.20. The third kappa shape index (κ3) is 3.44. The molecule has 1 aromatic carbocycles. The Morgan fingerprint density at radius 1 is 1.16 bits per heavy atom. The summed E-state index contributed by atoms with van der Waals surface area (Å²) in [6.07, 6.45) is 7.10. The summed E-state index contributed by atoms with van der Waals surface area (Å²) < 4.78 is 0. The zero-order chi connectivity index (χ0) is 13.7. The van der Waals surface area contributed by atoms with Gasteiger partial charge >= 0.3 is 0 Å². The van der Waals surface area contributed by atoms with Crippen LogP contribution in [-0.4, -0.2) is 4.98 Å².